The van der Waals surface area contributed by atoms with Gasteiger partial charge in [0.1, 0.15) is 5.65 Å². The molecule has 2 heterocycles. The third-order valence-electron chi connectivity index (χ3n) is 6.28. The molecule has 0 spiro atoms. The van der Waals surface area contributed by atoms with Gasteiger partial charge in [-0.2, -0.15) is 13.2 Å². The van der Waals surface area contributed by atoms with E-state index >= 15 is 0 Å². The van der Waals surface area contributed by atoms with Crippen LogP contribution in [-0.4, -0.2) is 21.8 Å². The number of nitrogens with one attached hydrogen (secondary N) is 3. The van der Waals surface area contributed by atoms with Crippen LogP contribution in [-0.2, 0) is 6.18 Å². The summed E-state index contributed by atoms with van der Waals surface area (Å²) in [5, 5.41) is 5.89. The highest BCUT2D eigenvalue weighted by atomic mass is 19.4. The van der Waals surface area contributed by atoms with Crippen molar-refractivity contribution in [1.82, 2.24) is 9.97 Å². The van der Waals surface area contributed by atoms with Crippen LogP contribution in [0.5, 0.6) is 0 Å². The number of nitrogens with zero attached hydrogens (tertiary/aromatic N) is 1. The number of hydrogen-bond acceptors (Lipinski definition) is 4. The molecule has 5 aromatic rings. The first-order valence-corrected chi connectivity index (χ1v) is 12.6. The van der Waals surface area contributed by atoms with Crippen molar-refractivity contribution >= 4 is 34.2 Å². The van der Waals surface area contributed by atoms with Crippen LogP contribution in [0.1, 0.15) is 43.0 Å². The number of carbonyl (C=O) groups is 2. The fraction of sp³-hybridized carbons (Fsp3) is 0.0625. The van der Waals surface area contributed by atoms with Gasteiger partial charge in [0.25, 0.3) is 11.8 Å². The molecule has 0 unspecified atom stereocenters. The number of H-pyrrole nitrogens is 1. The smallest absolute Gasteiger partial charge is 0.322 e. The molecule has 3 aromatic carbocycles. The van der Waals surface area contributed by atoms with Crippen LogP contribution in [0.15, 0.2) is 95.9 Å². The molecular formula is C32H21F3N4O3. The lowest BCUT2D eigenvalue weighted by Gasteiger charge is -2.13. The number of fused-ring (bicyclic) bond motifs is 1. The van der Waals surface area contributed by atoms with Crippen LogP contribution >= 0.6 is 0 Å². The Labute approximate surface area is 237 Å². The van der Waals surface area contributed by atoms with E-state index in [4.69, 9.17) is 0 Å². The van der Waals surface area contributed by atoms with E-state index in [1.54, 1.807) is 48.7 Å². The molecule has 0 saturated heterocycles. The van der Waals surface area contributed by atoms with E-state index in [-0.39, 0.29) is 28.1 Å². The number of benzene rings is 3. The highest BCUT2D eigenvalue weighted by Gasteiger charge is 2.30. The molecule has 0 atom stereocenters. The SMILES string of the molecule is Cc1ccc(C(=O)Nc2ccccc2C(=O)Nc2cccc(C(F)(F)F)c2)cc1C#Cc1cnc2[nH]c(=O)ccc2c1. The van der Waals surface area contributed by atoms with E-state index in [1.807, 2.05) is 6.92 Å². The maximum Gasteiger partial charge on any atom is 0.416 e. The number of aryl methyl sites for hydroxylation is 1. The lowest BCUT2D eigenvalue weighted by atomic mass is 10.0. The number of hydrogen-bond donors (Lipinski definition) is 3. The Hall–Kier alpha value is -5.69. The lowest BCUT2D eigenvalue weighted by Crippen LogP contribution is -2.18. The zero-order valence-electron chi connectivity index (χ0n) is 22.0. The Kier molecular flexibility index (Phi) is 7.58. The van der Waals surface area contributed by atoms with Crippen LogP contribution < -0.4 is 16.2 Å². The van der Waals surface area contributed by atoms with Crippen molar-refractivity contribution in [3.63, 3.8) is 0 Å². The third-order valence-corrected chi connectivity index (χ3v) is 6.28. The number of rotatable bonds is 4. The minimum Gasteiger partial charge on any atom is -0.322 e. The van der Waals surface area contributed by atoms with Crippen LogP contribution in [0.2, 0.25) is 0 Å². The predicted molar refractivity (Wildman–Crippen MR) is 153 cm³/mol. The molecule has 0 fully saturated rings. The molecule has 5 rings (SSSR count). The Morgan fingerprint density at radius 3 is 2.48 bits per heavy atom. The van der Waals surface area contributed by atoms with Gasteiger partial charge in [0.15, 0.2) is 0 Å². The number of para-hydroxylation sites is 1. The minimum atomic E-state index is -4.56. The zero-order chi connectivity index (χ0) is 29.9. The van der Waals surface area contributed by atoms with Gasteiger partial charge in [-0.15, -0.1) is 0 Å². The van der Waals surface area contributed by atoms with Crippen molar-refractivity contribution in [3.8, 4) is 11.8 Å². The minimum absolute atomic E-state index is 0.0346. The molecule has 7 nitrogen and oxygen atoms in total. The van der Waals surface area contributed by atoms with Gasteiger partial charge >= 0.3 is 6.18 Å². The van der Waals surface area contributed by atoms with Gasteiger partial charge in [0.2, 0.25) is 5.56 Å². The maximum atomic E-state index is 13.2. The van der Waals surface area contributed by atoms with Crippen molar-refractivity contribution in [2.75, 3.05) is 10.6 Å². The number of aromatic amines is 1. The van der Waals surface area contributed by atoms with E-state index in [9.17, 15) is 27.6 Å². The molecule has 208 valence electrons. The van der Waals surface area contributed by atoms with Crippen molar-refractivity contribution in [3.05, 3.63) is 135 Å². The monoisotopic (exact) mass is 566 g/mol. The summed E-state index contributed by atoms with van der Waals surface area (Å²) in [6.45, 7) is 1.85. The van der Waals surface area contributed by atoms with Gasteiger partial charge in [-0.1, -0.05) is 36.1 Å². The van der Waals surface area contributed by atoms with Gasteiger partial charge in [-0.05, 0) is 67.1 Å². The first-order chi connectivity index (χ1) is 20.1. The average Bonchev–Trinajstić information content (AvgIpc) is 2.96. The quantitative estimate of drug-likeness (QED) is 0.227. The first-order valence-electron chi connectivity index (χ1n) is 12.6. The molecule has 2 aromatic heterocycles. The normalized spacial score (nSPS) is 11.0. The molecule has 0 saturated carbocycles. The zero-order valence-corrected chi connectivity index (χ0v) is 22.0. The lowest BCUT2D eigenvalue weighted by molar-refractivity contribution is -0.137. The molecule has 0 aliphatic rings. The average molecular weight is 567 g/mol. The van der Waals surface area contributed by atoms with E-state index in [0.29, 0.717) is 16.8 Å². The van der Waals surface area contributed by atoms with E-state index in [0.717, 1.165) is 23.1 Å². The Balaban J connectivity index is 1.35. The fourth-order valence-electron chi connectivity index (χ4n) is 4.10. The largest absolute Gasteiger partial charge is 0.416 e. The summed E-state index contributed by atoms with van der Waals surface area (Å²) >= 11 is 0. The molecule has 0 radical (unpaired) electrons. The molecule has 10 heteroatoms. The van der Waals surface area contributed by atoms with Crippen LogP contribution in [0.3, 0.4) is 0 Å². The van der Waals surface area contributed by atoms with Crippen LogP contribution in [0.4, 0.5) is 24.5 Å². The summed E-state index contributed by atoms with van der Waals surface area (Å²) in [5.74, 6) is 4.88. The summed E-state index contributed by atoms with van der Waals surface area (Å²) in [7, 11) is 0. The molecule has 0 aliphatic carbocycles. The Morgan fingerprint density at radius 1 is 0.857 bits per heavy atom. The van der Waals surface area contributed by atoms with Crippen molar-refractivity contribution in [2.45, 2.75) is 13.1 Å². The highest BCUT2D eigenvalue weighted by Crippen LogP contribution is 2.31. The number of anilines is 2. The summed E-state index contributed by atoms with van der Waals surface area (Å²) in [5.41, 5.74) is 1.85. The summed E-state index contributed by atoms with van der Waals surface area (Å²) < 4.78 is 39.2. The second kappa shape index (κ2) is 11.4. The summed E-state index contributed by atoms with van der Waals surface area (Å²) in [6.07, 6.45) is -3.02. The standard InChI is InChI=1S/C32H21F3N4O3/c1-19-9-11-23(16-21(19)12-10-20-15-22-13-14-28(40)39-29(22)36-18-20)30(41)38-27-8-3-2-7-26(27)31(42)37-25-6-4-5-24(17-25)32(33,34)35/h2-9,11,13-18H,1H3,(H,37,42)(H,38,41)(H,36,39,40). The molecular weight excluding hydrogens is 545 g/mol. The molecule has 2 amide bonds. The Bertz CT molecular complexity index is 1970. The number of pyridine rings is 2. The van der Waals surface area contributed by atoms with E-state index in [1.165, 1.54) is 30.3 Å². The number of amides is 2. The molecule has 3 N–H and O–H groups in total. The van der Waals surface area contributed by atoms with Crippen LogP contribution in [0, 0.1) is 18.8 Å². The van der Waals surface area contributed by atoms with Crippen molar-refractivity contribution in [1.29, 1.82) is 0 Å². The second-order valence-electron chi connectivity index (χ2n) is 9.30. The summed E-state index contributed by atoms with van der Waals surface area (Å²) in [6, 6.07) is 20.3. The van der Waals surface area contributed by atoms with Gasteiger partial charge in [-0.25, -0.2) is 4.98 Å². The van der Waals surface area contributed by atoms with E-state index in [2.05, 4.69) is 32.4 Å². The molecule has 0 bridgehead atoms. The number of aromatic nitrogens is 2. The van der Waals surface area contributed by atoms with Crippen molar-refractivity contribution < 1.29 is 22.8 Å². The fourth-order valence-corrected chi connectivity index (χ4v) is 4.10. The molecule has 0 aliphatic heterocycles. The first kappa shape index (κ1) is 27.9. The number of alkyl halides is 3. The predicted octanol–water partition coefficient (Wildman–Crippen LogP) is 6.15. The molecule has 42 heavy (non-hydrogen) atoms. The number of carbonyl (C=O) groups excluding carboxylic acids is 2. The third kappa shape index (κ3) is 6.37. The summed E-state index contributed by atoms with van der Waals surface area (Å²) in [4.78, 5) is 44.5. The van der Waals surface area contributed by atoms with Gasteiger partial charge in [0.05, 0.1) is 16.8 Å². The van der Waals surface area contributed by atoms with Crippen molar-refractivity contribution in [2.24, 2.45) is 0 Å². The Morgan fingerprint density at radius 2 is 1.67 bits per heavy atom. The maximum absolute atomic E-state index is 13.2. The van der Waals surface area contributed by atoms with Crippen LogP contribution in [0.25, 0.3) is 11.0 Å². The number of halogens is 3. The van der Waals surface area contributed by atoms with Gasteiger partial charge < -0.3 is 15.6 Å². The van der Waals surface area contributed by atoms with Gasteiger partial charge in [0, 0.05) is 40.0 Å². The second-order valence-corrected chi connectivity index (χ2v) is 9.30. The van der Waals surface area contributed by atoms with Gasteiger partial charge in [-0.3, -0.25) is 14.4 Å². The van der Waals surface area contributed by atoms with E-state index < -0.39 is 23.6 Å². The highest BCUT2D eigenvalue weighted by molar-refractivity contribution is 6.12. The topological polar surface area (TPSA) is 104 Å².